The van der Waals surface area contributed by atoms with Crippen molar-refractivity contribution in [3.05, 3.63) is 37.2 Å². The van der Waals surface area contributed by atoms with Crippen LogP contribution in [-0.4, -0.2) is 40.7 Å². The summed E-state index contributed by atoms with van der Waals surface area (Å²) in [5.74, 6) is 0. The zero-order valence-electron chi connectivity index (χ0n) is 8.97. The number of nitrogens with one attached hydrogen (secondary N) is 1. The molecule has 2 N–H and O–H groups in total. The quantitative estimate of drug-likeness (QED) is 0.731. The van der Waals surface area contributed by atoms with E-state index in [4.69, 9.17) is 5.11 Å². The van der Waals surface area contributed by atoms with Gasteiger partial charge in [0.15, 0.2) is 0 Å². The average molecular weight is 221 g/mol. The number of carbonyl (C=O) groups is 1. The molecule has 1 aromatic rings. The molecule has 0 spiro atoms. The second-order valence-electron chi connectivity index (χ2n) is 3.13. The number of aliphatic hydroxyl groups excluding tert-OH is 1. The number of hydrogen-bond acceptors (Lipinski definition) is 3. The molecule has 1 heterocycles. The Labute approximate surface area is 94.4 Å². The predicted octanol–water partition coefficient (Wildman–Crippen LogP) is 1.09. The lowest BCUT2D eigenvalue weighted by Crippen LogP contribution is -2.37. The number of anilines is 1. The third-order valence-corrected chi connectivity index (χ3v) is 1.92. The molecular weight excluding hydrogens is 206 g/mol. The lowest BCUT2D eigenvalue weighted by molar-refractivity contribution is 0.195. The molecule has 0 unspecified atom stereocenters. The van der Waals surface area contributed by atoms with E-state index in [1.165, 1.54) is 4.90 Å². The maximum Gasteiger partial charge on any atom is 0.322 e. The number of hydrogen-bond donors (Lipinski definition) is 2. The maximum absolute atomic E-state index is 11.7. The number of urea groups is 1. The van der Waals surface area contributed by atoms with Crippen LogP contribution in [0.5, 0.6) is 0 Å². The van der Waals surface area contributed by atoms with E-state index in [-0.39, 0.29) is 19.2 Å². The summed E-state index contributed by atoms with van der Waals surface area (Å²) in [5.41, 5.74) is 0.625. The molecule has 0 atom stereocenters. The highest BCUT2D eigenvalue weighted by atomic mass is 16.3. The lowest BCUT2D eigenvalue weighted by atomic mass is 10.4. The van der Waals surface area contributed by atoms with E-state index in [1.807, 2.05) is 0 Å². The van der Waals surface area contributed by atoms with Gasteiger partial charge in [-0.15, -0.1) is 6.58 Å². The SMILES string of the molecule is C=CCN(CCO)C(=O)Nc1cccnc1. The molecule has 0 fully saturated rings. The molecule has 1 rings (SSSR count). The van der Waals surface area contributed by atoms with Gasteiger partial charge in [-0.25, -0.2) is 4.79 Å². The molecule has 0 aliphatic heterocycles. The van der Waals surface area contributed by atoms with E-state index in [1.54, 1.807) is 30.6 Å². The molecule has 0 aromatic carbocycles. The van der Waals surface area contributed by atoms with Gasteiger partial charge in [-0.2, -0.15) is 0 Å². The van der Waals surface area contributed by atoms with Crippen LogP contribution in [0.15, 0.2) is 37.2 Å². The van der Waals surface area contributed by atoms with Gasteiger partial charge < -0.3 is 15.3 Å². The van der Waals surface area contributed by atoms with Gasteiger partial charge >= 0.3 is 6.03 Å². The number of carbonyl (C=O) groups excluding carboxylic acids is 1. The van der Waals surface area contributed by atoms with E-state index in [0.717, 1.165) is 0 Å². The molecule has 0 saturated heterocycles. The molecule has 0 radical (unpaired) electrons. The van der Waals surface area contributed by atoms with Gasteiger partial charge in [0, 0.05) is 19.3 Å². The van der Waals surface area contributed by atoms with Crippen molar-refractivity contribution in [2.24, 2.45) is 0 Å². The van der Waals surface area contributed by atoms with Gasteiger partial charge in [-0.1, -0.05) is 6.08 Å². The zero-order chi connectivity index (χ0) is 11.8. The van der Waals surface area contributed by atoms with Crippen molar-refractivity contribution in [2.75, 3.05) is 25.0 Å². The highest BCUT2D eigenvalue weighted by molar-refractivity contribution is 5.89. The average Bonchev–Trinajstić information content (AvgIpc) is 2.30. The Bertz CT molecular complexity index is 340. The van der Waals surface area contributed by atoms with Gasteiger partial charge in [0.05, 0.1) is 18.5 Å². The number of aromatic nitrogens is 1. The minimum Gasteiger partial charge on any atom is -0.395 e. The van der Waals surface area contributed by atoms with Crippen molar-refractivity contribution in [3.63, 3.8) is 0 Å². The standard InChI is InChI=1S/C11H15N3O2/c1-2-6-14(7-8-15)11(16)13-10-4-3-5-12-9-10/h2-5,9,15H,1,6-8H2,(H,13,16). The first-order valence-corrected chi connectivity index (χ1v) is 4.95. The van der Waals surface area contributed by atoms with Crippen LogP contribution in [0.25, 0.3) is 0 Å². The second kappa shape index (κ2) is 6.58. The second-order valence-corrected chi connectivity index (χ2v) is 3.13. The van der Waals surface area contributed by atoms with Gasteiger partial charge in [0.25, 0.3) is 0 Å². The number of pyridine rings is 1. The van der Waals surface area contributed by atoms with E-state index in [2.05, 4.69) is 16.9 Å². The van der Waals surface area contributed by atoms with Crippen LogP contribution < -0.4 is 5.32 Å². The first-order valence-electron chi connectivity index (χ1n) is 4.95. The van der Waals surface area contributed by atoms with Gasteiger partial charge in [-0.3, -0.25) is 4.98 Å². The normalized spacial score (nSPS) is 9.56. The largest absolute Gasteiger partial charge is 0.395 e. The summed E-state index contributed by atoms with van der Waals surface area (Å²) in [7, 11) is 0. The van der Waals surface area contributed by atoms with Gasteiger partial charge in [0.1, 0.15) is 0 Å². The summed E-state index contributed by atoms with van der Waals surface area (Å²) in [4.78, 5) is 17.1. The number of amides is 2. The smallest absolute Gasteiger partial charge is 0.322 e. The highest BCUT2D eigenvalue weighted by Crippen LogP contribution is 2.04. The Hall–Kier alpha value is -1.88. The van der Waals surface area contributed by atoms with Crippen LogP contribution in [0.1, 0.15) is 0 Å². The summed E-state index contributed by atoms with van der Waals surface area (Å²) >= 11 is 0. The fraction of sp³-hybridized carbons (Fsp3) is 0.273. The monoisotopic (exact) mass is 221 g/mol. The summed E-state index contributed by atoms with van der Waals surface area (Å²) in [6.07, 6.45) is 4.80. The highest BCUT2D eigenvalue weighted by Gasteiger charge is 2.10. The first-order chi connectivity index (χ1) is 7.77. The van der Waals surface area contributed by atoms with Gasteiger partial charge in [-0.05, 0) is 12.1 Å². The van der Waals surface area contributed by atoms with E-state index in [0.29, 0.717) is 12.2 Å². The topological polar surface area (TPSA) is 65.5 Å². The molecule has 86 valence electrons. The molecule has 0 aliphatic carbocycles. The molecular formula is C11H15N3O2. The van der Waals surface area contributed by atoms with E-state index in [9.17, 15) is 4.79 Å². The maximum atomic E-state index is 11.7. The number of aliphatic hydroxyl groups is 1. The van der Waals surface area contributed by atoms with Crippen LogP contribution in [-0.2, 0) is 0 Å². The van der Waals surface area contributed by atoms with Crippen LogP contribution >= 0.6 is 0 Å². The van der Waals surface area contributed by atoms with Crippen LogP contribution in [0.3, 0.4) is 0 Å². The molecule has 5 nitrogen and oxygen atoms in total. The molecule has 5 heteroatoms. The van der Waals surface area contributed by atoms with E-state index < -0.39 is 0 Å². The van der Waals surface area contributed by atoms with Gasteiger partial charge in [0.2, 0.25) is 0 Å². The van der Waals surface area contributed by atoms with Crippen LogP contribution in [0.2, 0.25) is 0 Å². The summed E-state index contributed by atoms with van der Waals surface area (Å²) < 4.78 is 0. The fourth-order valence-electron chi connectivity index (χ4n) is 1.19. The van der Waals surface area contributed by atoms with Crippen molar-refractivity contribution in [1.29, 1.82) is 0 Å². The fourth-order valence-corrected chi connectivity index (χ4v) is 1.19. The number of rotatable bonds is 5. The minimum atomic E-state index is -0.276. The molecule has 0 saturated carbocycles. The summed E-state index contributed by atoms with van der Waals surface area (Å²) in [5, 5.41) is 11.5. The van der Waals surface area contributed by atoms with Crippen molar-refractivity contribution in [2.45, 2.75) is 0 Å². The summed E-state index contributed by atoms with van der Waals surface area (Å²) in [6.45, 7) is 4.15. The first kappa shape index (κ1) is 12.2. The van der Waals surface area contributed by atoms with Crippen LogP contribution in [0.4, 0.5) is 10.5 Å². The molecule has 1 aromatic heterocycles. The molecule has 0 bridgehead atoms. The Morgan fingerprint density at radius 3 is 3.06 bits per heavy atom. The Morgan fingerprint density at radius 1 is 1.69 bits per heavy atom. The van der Waals surface area contributed by atoms with Crippen molar-refractivity contribution < 1.29 is 9.90 Å². The van der Waals surface area contributed by atoms with E-state index >= 15 is 0 Å². The molecule has 2 amide bonds. The third-order valence-electron chi connectivity index (χ3n) is 1.92. The summed E-state index contributed by atoms with van der Waals surface area (Å²) in [6, 6.07) is 3.21. The Morgan fingerprint density at radius 2 is 2.50 bits per heavy atom. The third kappa shape index (κ3) is 3.70. The molecule has 16 heavy (non-hydrogen) atoms. The minimum absolute atomic E-state index is 0.0751. The van der Waals surface area contributed by atoms with Crippen LogP contribution in [0, 0.1) is 0 Å². The van der Waals surface area contributed by atoms with Crippen molar-refractivity contribution in [1.82, 2.24) is 9.88 Å². The van der Waals surface area contributed by atoms with Crippen molar-refractivity contribution in [3.8, 4) is 0 Å². The number of nitrogens with zero attached hydrogens (tertiary/aromatic N) is 2. The van der Waals surface area contributed by atoms with Crippen molar-refractivity contribution >= 4 is 11.7 Å². The zero-order valence-corrected chi connectivity index (χ0v) is 8.97. The predicted molar refractivity (Wildman–Crippen MR) is 62.1 cm³/mol. The lowest BCUT2D eigenvalue weighted by Gasteiger charge is -2.20. The Balaban J connectivity index is 2.58. The Kier molecular flexibility index (Phi) is 5.01. The molecule has 0 aliphatic rings.